The van der Waals surface area contributed by atoms with Crippen LogP contribution in [0.2, 0.25) is 0 Å². The zero-order chi connectivity index (χ0) is 11.3. The highest BCUT2D eigenvalue weighted by Crippen LogP contribution is 2.17. The number of likely N-dealkylation sites (tertiary alicyclic amines) is 1. The first-order valence-electron chi connectivity index (χ1n) is 5.38. The molecule has 1 aliphatic rings. The van der Waals surface area contributed by atoms with Gasteiger partial charge in [0.05, 0.1) is 5.71 Å². The van der Waals surface area contributed by atoms with E-state index in [-0.39, 0.29) is 5.91 Å². The van der Waals surface area contributed by atoms with Crippen LogP contribution in [0.5, 0.6) is 0 Å². The van der Waals surface area contributed by atoms with Crippen molar-refractivity contribution >= 4 is 11.6 Å². The molecule has 0 aromatic carbocycles. The summed E-state index contributed by atoms with van der Waals surface area (Å²) in [4.78, 5) is 12.8. The molecule has 1 atom stereocenters. The number of carbonyl (C=O) groups is 1. The zero-order valence-electron chi connectivity index (χ0n) is 9.15. The second-order valence-electron chi connectivity index (χ2n) is 3.96. The SMILES string of the molecule is CCC1CN(CCC(N)=O)CCC1=NO. The van der Waals surface area contributed by atoms with Gasteiger partial charge in [0.1, 0.15) is 0 Å². The number of rotatable bonds is 4. The first kappa shape index (κ1) is 12.0. The molecule has 0 aromatic rings. The molecule has 0 saturated carbocycles. The molecule has 1 unspecified atom stereocenters. The van der Waals surface area contributed by atoms with Crippen LogP contribution in [-0.4, -0.2) is 41.4 Å². The maximum atomic E-state index is 10.6. The number of oxime groups is 1. The van der Waals surface area contributed by atoms with E-state index in [0.29, 0.717) is 18.9 Å². The van der Waals surface area contributed by atoms with Gasteiger partial charge in [-0.25, -0.2) is 0 Å². The van der Waals surface area contributed by atoms with Crippen LogP contribution in [-0.2, 0) is 4.79 Å². The average molecular weight is 213 g/mol. The molecular weight excluding hydrogens is 194 g/mol. The highest BCUT2D eigenvalue weighted by atomic mass is 16.4. The Balaban J connectivity index is 2.42. The van der Waals surface area contributed by atoms with Gasteiger partial charge in [-0.1, -0.05) is 12.1 Å². The van der Waals surface area contributed by atoms with Gasteiger partial charge < -0.3 is 15.8 Å². The molecule has 0 aromatic heterocycles. The molecule has 1 heterocycles. The van der Waals surface area contributed by atoms with E-state index in [9.17, 15) is 4.79 Å². The number of hydrogen-bond donors (Lipinski definition) is 2. The highest BCUT2D eigenvalue weighted by Gasteiger charge is 2.24. The van der Waals surface area contributed by atoms with Crippen molar-refractivity contribution in [1.29, 1.82) is 0 Å². The largest absolute Gasteiger partial charge is 0.411 e. The van der Waals surface area contributed by atoms with Crippen LogP contribution in [0, 0.1) is 5.92 Å². The van der Waals surface area contributed by atoms with Crippen LogP contribution in [0.15, 0.2) is 5.16 Å². The molecular formula is C10H19N3O2. The molecule has 0 spiro atoms. The van der Waals surface area contributed by atoms with Gasteiger partial charge in [-0.3, -0.25) is 4.79 Å². The van der Waals surface area contributed by atoms with E-state index in [1.54, 1.807) is 0 Å². The summed E-state index contributed by atoms with van der Waals surface area (Å²) in [6.07, 6.45) is 2.16. The van der Waals surface area contributed by atoms with Crippen molar-refractivity contribution in [3.8, 4) is 0 Å². The van der Waals surface area contributed by atoms with Crippen molar-refractivity contribution in [2.24, 2.45) is 16.8 Å². The van der Waals surface area contributed by atoms with E-state index in [4.69, 9.17) is 10.9 Å². The molecule has 5 nitrogen and oxygen atoms in total. The molecule has 1 fully saturated rings. The molecule has 1 amide bonds. The van der Waals surface area contributed by atoms with E-state index < -0.39 is 0 Å². The van der Waals surface area contributed by atoms with Crippen LogP contribution in [0.25, 0.3) is 0 Å². The topological polar surface area (TPSA) is 78.9 Å². The summed E-state index contributed by atoms with van der Waals surface area (Å²) in [5.74, 6) is 0.0568. The molecule has 0 aliphatic carbocycles. The second-order valence-corrected chi connectivity index (χ2v) is 3.96. The fraction of sp³-hybridized carbons (Fsp3) is 0.800. The van der Waals surface area contributed by atoms with Crippen molar-refractivity contribution in [1.82, 2.24) is 4.90 Å². The zero-order valence-corrected chi connectivity index (χ0v) is 9.15. The van der Waals surface area contributed by atoms with Gasteiger partial charge in [0.25, 0.3) is 0 Å². The van der Waals surface area contributed by atoms with Crippen LogP contribution in [0.4, 0.5) is 0 Å². The smallest absolute Gasteiger partial charge is 0.218 e. The van der Waals surface area contributed by atoms with Crippen molar-refractivity contribution in [2.75, 3.05) is 19.6 Å². The lowest BCUT2D eigenvalue weighted by Crippen LogP contribution is -2.41. The third-order valence-electron chi connectivity index (χ3n) is 2.93. The maximum absolute atomic E-state index is 10.6. The number of amides is 1. The van der Waals surface area contributed by atoms with Gasteiger partial charge >= 0.3 is 0 Å². The summed E-state index contributed by atoms with van der Waals surface area (Å²) < 4.78 is 0. The first-order chi connectivity index (χ1) is 7.17. The van der Waals surface area contributed by atoms with Gasteiger partial charge in [-0.2, -0.15) is 0 Å². The van der Waals surface area contributed by atoms with Crippen LogP contribution < -0.4 is 5.73 Å². The number of hydrogen-bond acceptors (Lipinski definition) is 4. The lowest BCUT2D eigenvalue weighted by Gasteiger charge is -2.32. The summed E-state index contributed by atoms with van der Waals surface area (Å²) in [7, 11) is 0. The quantitative estimate of drug-likeness (QED) is 0.525. The minimum absolute atomic E-state index is 0.260. The van der Waals surface area contributed by atoms with E-state index >= 15 is 0 Å². The summed E-state index contributed by atoms with van der Waals surface area (Å²) in [5.41, 5.74) is 5.98. The molecule has 0 bridgehead atoms. The fourth-order valence-corrected chi connectivity index (χ4v) is 1.95. The fourth-order valence-electron chi connectivity index (χ4n) is 1.95. The molecule has 5 heteroatoms. The van der Waals surface area contributed by atoms with Gasteiger partial charge in [-0.05, 0) is 6.42 Å². The van der Waals surface area contributed by atoms with Gasteiger partial charge in [0.15, 0.2) is 0 Å². The molecule has 15 heavy (non-hydrogen) atoms. The van der Waals surface area contributed by atoms with E-state index in [1.165, 1.54) is 0 Å². The predicted molar refractivity (Wildman–Crippen MR) is 57.9 cm³/mol. The normalized spacial score (nSPS) is 25.7. The molecule has 1 aliphatic heterocycles. The predicted octanol–water partition coefficient (Wildman–Crippen LogP) is 0.424. The Hall–Kier alpha value is -1.10. The lowest BCUT2D eigenvalue weighted by molar-refractivity contribution is -0.118. The maximum Gasteiger partial charge on any atom is 0.218 e. The molecule has 1 saturated heterocycles. The Morgan fingerprint density at radius 1 is 1.73 bits per heavy atom. The summed E-state index contributed by atoms with van der Waals surface area (Å²) in [6.45, 7) is 4.50. The number of piperidine rings is 1. The van der Waals surface area contributed by atoms with E-state index in [2.05, 4.69) is 17.0 Å². The monoisotopic (exact) mass is 213 g/mol. The Bertz CT molecular complexity index is 253. The van der Waals surface area contributed by atoms with Crippen molar-refractivity contribution in [3.63, 3.8) is 0 Å². The molecule has 86 valence electrons. The highest BCUT2D eigenvalue weighted by molar-refractivity contribution is 5.87. The Kier molecular flexibility index (Phi) is 4.55. The standard InChI is InChI=1S/C10H19N3O2/c1-2-8-7-13(6-4-10(11)14)5-3-9(8)12-15/h8,15H,2-7H2,1H3,(H2,11,14). The Morgan fingerprint density at radius 2 is 2.47 bits per heavy atom. The van der Waals surface area contributed by atoms with Crippen LogP contribution in [0.3, 0.4) is 0 Å². The summed E-state index contributed by atoms with van der Waals surface area (Å²) >= 11 is 0. The van der Waals surface area contributed by atoms with Crippen molar-refractivity contribution < 1.29 is 10.0 Å². The average Bonchev–Trinajstić information content (AvgIpc) is 2.25. The number of carbonyl (C=O) groups excluding carboxylic acids is 1. The van der Waals surface area contributed by atoms with E-state index in [0.717, 1.165) is 31.6 Å². The summed E-state index contributed by atoms with van der Waals surface area (Å²) in [6, 6.07) is 0. The molecule has 0 radical (unpaired) electrons. The first-order valence-corrected chi connectivity index (χ1v) is 5.38. The third-order valence-corrected chi connectivity index (χ3v) is 2.93. The van der Waals surface area contributed by atoms with E-state index in [1.807, 2.05) is 0 Å². The number of nitrogens with two attached hydrogens (primary N) is 1. The van der Waals surface area contributed by atoms with Crippen molar-refractivity contribution in [2.45, 2.75) is 26.2 Å². The van der Waals surface area contributed by atoms with Gasteiger partial charge in [0.2, 0.25) is 5.91 Å². The van der Waals surface area contributed by atoms with Gasteiger partial charge in [-0.15, -0.1) is 0 Å². The van der Waals surface area contributed by atoms with Crippen LogP contribution in [0.1, 0.15) is 26.2 Å². The molecule has 1 rings (SSSR count). The summed E-state index contributed by atoms with van der Waals surface area (Å²) in [5, 5.41) is 12.1. The minimum atomic E-state index is -0.260. The minimum Gasteiger partial charge on any atom is -0.411 e. The molecule has 3 N–H and O–H groups in total. The third kappa shape index (κ3) is 3.51. The number of nitrogens with zero attached hydrogens (tertiary/aromatic N) is 2. The van der Waals surface area contributed by atoms with Gasteiger partial charge in [0, 0.05) is 38.4 Å². The lowest BCUT2D eigenvalue weighted by atomic mass is 9.93. The number of primary amides is 1. The Labute approximate surface area is 89.9 Å². The Morgan fingerprint density at radius 3 is 3.00 bits per heavy atom. The van der Waals surface area contributed by atoms with Crippen molar-refractivity contribution in [3.05, 3.63) is 0 Å². The second kappa shape index (κ2) is 5.70. The van der Waals surface area contributed by atoms with Crippen LogP contribution >= 0.6 is 0 Å².